The first-order valence-corrected chi connectivity index (χ1v) is 7.67. The van der Waals surface area contributed by atoms with Gasteiger partial charge in [0.1, 0.15) is 5.75 Å². The van der Waals surface area contributed by atoms with Gasteiger partial charge in [0.25, 0.3) is 0 Å². The van der Waals surface area contributed by atoms with Crippen molar-refractivity contribution in [2.45, 2.75) is 19.0 Å². The monoisotopic (exact) mass is 325 g/mol. The zero-order valence-electron chi connectivity index (χ0n) is 11.5. The van der Waals surface area contributed by atoms with Crippen LogP contribution in [0.25, 0.3) is 0 Å². The molecule has 0 saturated carbocycles. The van der Waals surface area contributed by atoms with Gasteiger partial charge in [-0.1, -0.05) is 29.8 Å². The van der Waals surface area contributed by atoms with Crippen LogP contribution >= 0.6 is 22.9 Å². The number of aromatic hydroxyl groups is 1. The number of rotatable bonds is 6. The third-order valence-corrected chi connectivity index (χ3v) is 4.39. The van der Waals surface area contributed by atoms with E-state index >= 15 is 0 Å². The fraction of sp³-hybridized carbons (Fsp3) is 0.267. The minimum atomic E-state index is -0.281. The Morgan fingerprint density at radius 2 is 2.24 bits per heavy atom. The second-order valence-electron chi connectivity index (χ2n) is 4.48. The predicted octanol–water partition coefficient (Wildman–Crippen LogP) is 3.50. The molecule has 0 amide bonds. The SMILES string of the molecule is COC(=O)CC(NCc1cccc(Cl)c1O)c1cccs1. The Hall–Kier alpha value is -1.56. The first-order valence-electron chi connectivity index (χ1n) is 6.41. The van der Waals surface area contributed by atoms with Crippen LogP contribution in [-0.2, 0) is 16.1 Å². The summed E-state index contributed by atoms with van der Waals surface area (Å²) in [7, 11) is 1.37. The smallest absolute Gasteiger partial charge is 0.307 e. The number of hydrogen-bond acceptors (Lipinski definition) is 5. The van der Waals surface area contributed by atoms with Gasteiger partial charge in [0.2, 0.25) is 0 Å². The molecule has 112 valence electrons. The van der Waals surface area contributed by atoms with E-state index in [1.54, 1.807) is 29.5 Å². The number of phenolic OH excluding ortho intramolecular Hbond substituents is 1. The Morgan fingerprint density at radius 1 is 1.43 bits per heavy atom. The lowest BCUT2D eigenvalue weighted by Gasteiger charge is -2.17. The lowest BCUT2D eigenvalue weighted by Crippen LogP contribution is -2.23. The van der Waals surface area contributed by atoms with Crippen LogP contribution in [0.4, 0.5) is 0 Å². The highest BCUT2D eigenvalue weighted by Gasteiger charge is 2.17. The van der Waals surface area contributed by atoms with Crippen LogP contribution in [0.2, 0.25) is 5.02 Å². The van der Waals surface area contributed by atoms with Gasteiger partial charge in [-0.05, 0) is 17.5 Å². The molecule has 0 bridgehead atoms. The lowest BCUT2D eigenvalue weighted by molar-refractivity contribution is -0.141. The Bertz CT molecular complexity index is 601. The van der Waals surface area contributed by atoms with Gasteiger partial charge in [-0.2, -0.15) is 0 Å². The van der Waals surface area contributed by atoms with Crippen LogP contribution < -0.4 is 5.32 Å². The number of thiophene rings is 1. The number of esters is 1. The summed E-state index contributed by atoms with van der Waals surface area (Å²) in [4.78, 5) is 12.6. The Balaban J connectivity index is 2.08. The highest BCUT2D eigenvalue weighted by Crippen LogP contribution is 2.28. The molecule has 6 heteroatoms. The zero-order valence-corrected chi connectivity index (χ0v) is 13.1. The maximum Gasteiger partial charge on any atom is 0.307 e. The fourth-order valence-electron chi connectivity index (χ4n) is 1.95. The van der Waals surface area contributed by atoms with Crippen molar-refractivity contribution in [3.8, 4) is 5.75 Å². The van der Waals surface area contributed by atoms with Crippen LogP contribution in [-0.4, -0.2) is 18.2 Å². The van der Waals surface area contributed by atoms with Crippen LogP contribution in [0.15, 0.2) is 35.7 Å². The van der Waals surface area contributed by atoms with Gasteiger partial charge >= 0.3 is 5.97 Å². The second-order valence-corrected chi connectivity index (χ2v) is 5.86. The Kier molecular flexibility index (Phi) is 5.61. The molecule has 4 nitrogen and oxygen atoms in total. The van der Waals surface area contributed by atoms with Gasteiger partial charge in [0, 0.05) is 17.0 Å². The van der Waals surface area contributed by atoms with Crippen molar-refractivity contribution in [2.75, 3.05) is 7.11 Å². The number of carbonyl (C=O) groups excluding carboxylic acids is 1. The van der Waals surface area contributed by atoms with Gasteiger partial charge in [-0.25, -0.2) is 0 Å². The molecule has 0 fully saturated rings. The number of methoxy groups -OCH3 is 1. The number of ether oxygens (including phenoxy) is 1. The van der Waals surface area contributed by atoms with E-state index in [0.717, 1.165) is 4.88 Å². The second kappa shape index (κ2) is 7.45. The minimum absolute atomic E-state index is 0.0645. The molecule has 1 aromatic heterocycles. The maximum atomic E-state index is 11.5. The van der Waals surface area contributed by atoms with Crippen molar-refractivity contribution >= 4 is 28.9 Å². The molecule has 1 unspecified atom stereocenters. The third kappa shape index (κ3) is 4.20. The van der Waals surface area contributed by atoms with E-state index < -0.39 is 0 Å². The summed E-state index contributed by atoms with van der Waals surface area (Å²) in [5.41, 5.74) is 0.689. The van der Waals surface area contributed by atoms with Crippen molar-refractivity contribution < 1.29 is 14.6 Å². The predicted molar refractivity (Wildman–Crippen MR) is 83.6 cm³/mol. The first kappa shape index (κ1) is 15.8. The number of carbonyl (C=O) groups is 1. The average molecular weight is 326 g/mol. The number of benzene rings is 1. The number of hydrogen-bond donors (Lipinski definition) is 2. The van der Waals surface area contributed by atoms with E-state index in [1.807, 2.05) is 17.5 Å². The molecule has 1 heterocycles. The van der Waals surface area contributed by atoms with Crippen LogP contribution in [0, 0.1) is 0 Å². The van der Waals surface area contributed by atoms with Crippen molar-refractivity contribution in [3.63, 3.8) is 0 Å². The topological polar surface area (TPSA) is 58.6 Å². The maximum absolute atomic E-state index is 11.5. The van der Waals surface area contributed by atoms with E-state index in [2.05, 4.69) is 5.32 Å². The standard InChI is InChI=1S/C15H16ClNO3S/c1-20-14(18)8-12(13-6-3-7-21-13)17-9-10-4-2-5-11(16)15(10)19/h2-7,12,17,19H,8-9H2,1H3. The molecule has 21 heavy (non-hydrogen) atoms. The summed E-state index contributed by atoms with van der Waals surface area (Å²) in [6.45, 7) is 0.409. The van der Waals surface area contributed by atoms with E-state index in [9.17, 15) is 9.90 Å². The molecular weight excluding hydrogens is 310 g/mol. The van der Waals surface area contributed by atoms with E-state index in [1.165, 1.54) is 7.11 Å². The molecule has 0 saturated heterocycles. The number of para-hydroxylation sites is 1. The molecule has 0 aliphatic carbocycles. The molecule has 0 aliphatic rings. The fourth-order valence-corrected chi connectivity index (χ4v) is 2.95. The van der Waals surface area contributed by atoms with Gasteiger partial charge in [0.15, 0.2) is 0 Å². The first-order chi connectivity index (χ1) is 10.1. The van der Waals surface area contributed by atoms with Crippen molar-refractivity contribution in [1.29, 1.82) is 0 Å². The zero-order chi connectivity index (χ0) is 15.2. The highest BCUT2D eigenvalue weighted by atomic mass is 35.5. The summed E-state index contributed by atoms with van der Waals surface area (Å²) < 4.78 is 4.73. The average Bonchev–Trinajstić information content (AvgIpc) is 3.01. The molecule has 0 aliphatic heterocycles. The summed E-state index contributed by atoms with van der Waals surface area (Å²) >= 11 is 7.45. The van der Waals surface area contributed by atoms with Crippen LogP contribution in [0.1, 0.15) is 22.9 Å². The molecule has 1 atom stereocenters. The van der Waals surface area contributed by atoms with Gasteiger partial charge < -0.3 is 15.2 Å². The van der Waals surface area contributed by atoms with Crippen LogP contribution in [0.3, 0.4) is 0 Å². The minimum Gasteiger partial charge on any atom is -0.506 e. The van der Waals surface area contributed by atoms with Crippen LogP contribution in [0.5, 0.6) is 5.75 Å². The van der Waals surface area contributed by atoms with E-state index in [4.69, 9.17) is 16.3 Å². The molecule has 0 radical (unpaired) electrons. The molecule has 2 aromatic rings. The highest BCUT2D eigenvalue weighted by molar-refractivity contribution is 7.10. The normalized spacial score (nSPS) is 12.1. The number of halogens is 1. The quantitative estimate of drug-likeness (QED) is 0.798. The third-order valence-electron chi connectivity index (χ3n) is 3.09. The van der Waals surface area contributed by atoms with Gasteiger partial charge in [-0.3, -0.25) is 4.79 Å². The Labute approximate surface area is 132 Å². The molecule has 1 aromatic carbocycles. The Morgan fingerprint density at radius 3 is 2.90 bits per heavy atom. The summed E-state index contributed by atoms with van der Waals surface area (Å²) in [6, 6.07) is 8.94. The molecule has 2 N–H and O–H groups in total. The molecular formula is C15H16ClNO3S. The van der Waals surface area contributed by atoms with E-state index in [0.29, 0.717) is 17.1 Å². The summed E-state index contributed by atoms with van der Waals surface area (Å²) in [5.74, 6) is -0.217. The number of nitrogens with one attached hydrogen (secondary N) is 1. The lowest BCUT2D eigenvalue weighted by atomic mass is 10.1. The molecule has 0 spiro atoms. The van der Waals surface area contributed by atoms with Gasteiger partial charge in [-0.15, -0.1) is 11.3 Å². The molecule has 2 rings (SSSR count). The van der Waals surface area contributed by atoms with Crippen molar-refractivity contribution in [3.05, 3.63) is 51.2 Å². The largest absolute Gasteiger partial charge is 0.506 e. The van der Waals surface area contributed by atoms with Crippen molar-refractivity contribution in [1.82, 2.24) is 5.32 Å². The van der Waals surface area contributed by atoms with Crippen molar-refractivity contribution in [2.24, 2.45) is 0 Å². The van der Waals surface area contributed by atoms with E-state index in [-0.39, 0.29) is 24.2 Å². The van der Waals surface area contributed by atoms with Gasteiger partial charge in [0.05, 0.1) is 24.6 Å². The summed E-state index contributed by atoms with van der Waals surface area (Å²) in [5, 5.41) is 15.4. The summed E-state index contributed by atoms with van der Waals surface area (Å²) in [6.07, 6.45) is 0.234. The number of phenols is 1.